The fourth-order valence-corrected chi connectivity index (χ4v) is 2.27. The van der Waals surface area contributed by atoms with Crippen molar-refractivity contribution in [3.05, 3.63) is 0 Å². The van der Waals surface area contributed by atoms with Gasteiger partial charge in [0.15, 0.2) is 0 Å². The molecule has 1 atom stereocenters. The maximum atomic E-state index is 11.8. The van der Waals surface area contributed by atoms with Gasteiger partial charge in [-0.15, -0.1) is 0 Å². The molecule has 0 radical (unpaired) electrons. The average molecular weight is 242 g/mol. The fourth-order valence-electron chi connectivity index (χ4n) is 2.27. The number of urea groups is 1. The second kappa shape index (κ2) is 5.38. The van der Waals surface area contributed by atoms with Crippen molar-refractivity contribution in [2.45, 2.75) is 46.1 Å². The molecule has 98 valence electrons. The van der Waals surface area contributed by atoms with Gasteiger partial charge in [0, 0.05) is 13.1 Å². The molecule has 0 aromatic heterocycles. The van der Waals surface area contributed by atoms with Crippen molar-refractivity contribution in [2.75, 3.05) is 13.1 Å². The maximum Gasteiger partial charge on any atom is 0.325 e. The van der Waals surface area contributed by atoms with Crippen LogP contribution >= 0.6 is 0 Å². The van der Waals surface area contributed by atoms with Crippen molar-refractivity contribution in [2.24, 2.45) is 5.41 Å². The third-order valence-electron chi connectivity index (χ3n) is 3.94. The van der Waals surface area contributed by atoms with Crippen molar-refractivity contribution in [3.8, 4) is 0 Å². The van der Waals surface area contributed by atoms with Gasteiger partial charge in [0.05, 0.1) is 0 Å². The highest BCUT2D eigenvalue weighted by atomic mass is 16.4. The zero-order valence-electron chi connectivity index (χ0n) is 10.8. The molecule has 0 aromatic rings. The van der Waals surface area contributed by atoms with E-state index in [2.05, 4.69) is 19.2 Å². The van der Waals surface area contributed by atoms with Gasteiger partial charge in [-0.25, -0.2) is 4.79 Å². The first kappa shape index (κ1) is 13.8. The van der Waals surface area contributed by atoms with E-state index in [4.69, 9.17) is 5.11 Å². The Kier molecular flexibility index (Phi) is 4.37. The molecule has 1 rings (SSSR count). The van der Waals surface area contributed by atoms with Crippen LogP contribution in [-0.4, -0.2) is 41.1 Å². The predicted octanol–water partition coefficient (Wildman–Crippen LogP) is 1.68. The van der Waals surface area contributed by atoms with Gasteiger partial charge in [-0.3, -0.25) is 4.79 Å². The quantitative estimate of drug-likeness (QED) is 0.788. The summed E-state index contributed by atoms with van der Waals surface area (Å²) in [6.07, 6.45) is 3.12. The van der Waals surface area contributed by atoms with Gasteiger partial charge in [0.2, 0.25) is 0 Å². The van der Waals surface area contributed by atoms with Crippen LogP contribution in [0.4, 0.5) is 4.79 Å². The van der Waals surface area contributed by atoms with Crippen LogP contribution in [0.15, 0.2) is 0 Å². The molecule has 1 heterocycles. The first-order chi connectivity index (χ1) is 7.94. The Hall–Kier alpha value is -1.26. The largest absolute Gasteiger partial charge is 0.480 e. The van der Waals surface area contributed by atoms with E-state index in [1.165, 1.54) is 6.92 Å². The number of hydrogen-bond acceptors (Lipinski definition) is 2. The number of carboxylic acids is 1. The Morgan fingerprint density at radius 3 is 2.41 bits per heavy atom. The van der Waals surface area contributed by atoms with E-state index in [1.807, 2.05) is 0 Å². The van der Waals surface area contributed by atoms with Gasteiger partial charge in [-0.1, -0.05) is 13.8 Å². The van der Waals surface area contributed by atoms with Gasteiger partial charge >= 0.3 is 12.0 Å². The van der Waals surface area contributed by atoms with E-state index in [1.54, 1.807) is 4.90 Å². The van der Waals surface area contributed by atoms with Gasteiger partial charge in [0.1, 0.15) is 6.04 Å². The summed E-state index contributed by atoms with van der Waals surface area (Å²) in [6.45, 7) is 7.22. The van der Waals surface area contributed by atoms with Crippen LogP contribution in [0.3, 0.4) is 0 Å². The average Bonchev–Trinajstić information content (AvgIpc) is 2.74. The lowest BCUT2D eigenvalue weighted by Gasteiger charge is -2.26. The Balaban J connectivity index is 2.53. The molecule has 0 aromatic carbocycles. The first-order valence-corrected chi connectivity index (χ1v) is 6.22. The number of aliphatic carboxylic acids is 1. The highest BCUT2D eigenvalue weighted by Gasteiger charge is 2.37. The van der Waals surface area contributed by atoms with E-state index in [-0.39, 0.29) is 11.4 Å². The summed E-state index contributed by atoms with van der Waals surface area (Å²) >= 11 is 0. The molecule has 0 unspecified atom stereocenters. The van der Waals surface area contributed by atoms with Gasteiger partial charge in [-0.2, -0.15) is 0 Å². The number of carbonyl (C=O) groups excluding carboxylic acids is 1. The van der Waals surface area contributed by atoms with Gasteiger partial charge < -0.3 is 15.3 Å². The number of nitrogens with zero attached hydrogens (tertiary/aromatic N) is 1. The molecule has 0 saturated carbocycles. The number of hydrogen-bond donors (Lipinski definition) is 2. The monoisotopic (exact) mass is 242 g/mol. The number of rotatable bonds is 4. The summed E-state index contributed by atoms with van der Waals surface area (Å²) in [5, 5.41) is 11.2. The van der Waals surface area contributed by atoms with E-state index in [0.29, 0.717) is 0 Å². The molecule has 1 aliphatic rings. The van der Waals surface area contributed by atoms with Crippen LogP contribution < -0.4 is 5.32 Å². The number of carbonyl (C=O) groups is 2. The van der Waals surface area contributed by atoms with Crippen LogP contribution in [0.5, 0.6) is 0 Å². The molecule has 1 fully saturated rings. The second-order valence-electron chi connectivity index (χ2n) is 4.89. The van der Waals surface area contributed by atoms with Crippen LogP contribution in [0, 0.1) is 5.41 Å². The number of likely N-dealkylation sites (tertiary alicyclic amines) is 1. The van der Waals surface area contributed by atoms with Crippen molar-refractivity contribution >= 4 is 12.0 Å². The maximum absolute atomic E-state index is 11.8. The Labute approximate surface area is 102 Å². The molecule has 5 nitrogen and oxygen atoms in total. The Morgan fingerprint density at radius 2 is 2.00 bits per heavy atom. The third-order valence-corrected chi connectivity index (χ3v) is 3.94. The van der Waals surface area contributed by atoms with Crippen LogP contribution in [0.1, 0.15) is 40.0 Å². The smallest absolute Gasteiger partial charge is 0.325 e. The van der Waals surface area contributed by atoms with Gasteiger partial charge in [-0.05, 0) is 31.6 Å². The Bertz CT molecular complexity index is 300. The van der Waals surface area contributed by atoms with E-state index < -0.39 is 12.0 Å². The molecule has 0 spiro atoms. The normalized spacial score (nSPS) is 20.1. The van der Waals surface area contributed by atoms with E-state index in [0.717, 1.165) is 32.4 Å². The summed E-state index contributed by atoms with van der Waals surface area (Å²) in [5.41, 5.74) is 0.226. The number of nitrogens with one attached hydrogen (secondary N) is 1. The van der Waals surface area contributed by atoms with Crippen LogP contribution in [-0.2, 0) is 4.79 Å². The highest BCUT2D eigenvalue weighted by molar-refractivity contribution is 5.82. The molecule has 5 heteroatoms. The van der Waals surface area contributed by atoms with Crippen molar-refractivity contribution in [1.82, 2.24) is 10.2 Å². The first-order valence-electron chi connectivity index (χ1n) is 6.22. The van der Waals surface area contributed by atoms with Crippen molar-refractivity contribution in [3.63, 3.8) is 0 Å². The molecular formula is C12H22N2O3. The van der Waals surface area contributed by atoms with Crippen LogP contribution in [0.2, 0.25) is 0 Å². The summed E-state index contributed by atoms with van der Waals surface area (Å²) in [7, 11) is 0. The second-order valence-corrected chi connectivity index (χ2v) is 4.89. The molecule has 0 bridgehead atoms. The lowest BCUT2D eigenvalue weighted by atomic mass is 9.82. The molecule has 2 N–H and O–H groups in total. The molecule has 17 heavy (non-hydrogen) atoms. The van der Waals surface area contributed by atoms with Crippen molar-refractivity contribution < 1.29 is 14.7 Å². The van der Waals surface area contributed by atoms with Crippen molar-refractivity contribution in [1.29, 1.82) is 0 Å². The minimum atomic E-state index is -1.00. The predicted molar refractivity (Wildman–Crippen MR) is 64.8 cm³/mol. The molecule has 0 aliphatic carbocycles. The lowest BCUT2D eigenvalue weighted by molar-refractivity contribution is -0.138. The molecule has 1 saturated heterocycles. The lowest BCUT2D eigenvalue weighted by Crippen LogP contribution is -2.46. The van der Waals surface area contributed by atoms with Gasteiger partial charge in [0.25, 0.3) is 0 Å². The summed E-state index contributed by atoms with van der Waals surface area (Å²) in [6, 6.07) is -1.09. The third kappa shape index (κ3) is 3.11. The summed E-state index contributed by atoms with van der Waals surface area (Å²) in [5.74, 6) is -1.00. The summed E-state index contributed by atoms with van der Waals surface area (Å²) in [4.78, 5) is 24.2. The standard InChI is InChI=1S/C12H22N2O3/c1-4-12(5-2)6-7-14(8-12)11(17)13-9(3)10(15)16/h9H,4-8H2,1-3H3,(H,13,17)(H,15,16)/t9-/m1/s1. The number of amides is 2. The summed E-state index contributed by atoms with van der Waals surface area (Å²) < 4.78 is 0. The Morgan fingerprint density at radius 1 is 1.41 bits per heavy atom. The molecule has 1 aliphatic heterocycles. The minimum absolute atomic E-state index is 0.226. The number of carboxylic acid groups (broad SMARTS) is 1. The minimum Gasteiger partial charge on any atom is -0.480 e. The molecular weight excluding hydrogens is 220 g/mol. The fraction of sp³-hybridized carbons (Fsp3) is 0.833. The molecule has 2 amide bonds. The highest BCUT2D eigenvalue weighted by Crippen LogP contribution is 2.36. The zero-order valence-corrected chi connectivity index (χ0v) is 10.8. The van der Waals surface area contributed by atoms with E-state index >= 15 is 0 Å². The topological polar surface area (TPSA) is 69.6 Å². The van der Waals surface area contributed by atoms with E-state index in [9.17, 15) is 9.59 Å². The SMILES string of the molecule is CCC1(CC)CCN(C(=O)N[C@H](C)C(=O)O)C1. The van der Waals surface area contributed by atoms with Crippen LogP contribution in [0.25, 0.3) is 0 Å². The zero-order chi connectivity index (χ0) is 13.1.